The van der Waals surface area contributed by atoms with Crippen LogP contribution in [0.15, 0.2) is 12.4 Å². The Hall–Kier alpha value is -1.16. The third-order valence-electron chi connectivity index (χ3n) is 3.86. The van der Waals surface area contributed by atoms with E-state index >= 15 is 0 Å². The molecule has 2 rings (SSSR count). The lowest BCUT2D eigenvalue weighted by Crippen LogP contribution is -2.43. The quantitative estimate of drug-likeness (QED) is 0.841. The first-order valence-electron chi connectivity index (χ1n) is 6.85. The zero-order valence-corrected chi connectivity index (χ0v) is 11.7. The highest BCUT2D eigenvalue weighted by molar-refractivity contribution is 5.27. The van der Waals surface area contributed by atoms with Crippen molar-refractivity contribution in [2.75, 3.05) is 18.9 Å². The molecule has 2 N–H and O–H groups in total. The van der Waals surface area contributed by atoms with Crippen LogP contribution in [0, 0.1) is 0 Å². The van der Waals surface area contributed by atoms with Gasteiger partial charge in [-0.05, 0) is 45.2 Å². The summed E-state index contributed by atoms with van der Waals surface area (Å²) >= 11 is 0. The Balaban J connectivity index is 1.91. The molecule has 1 aliphatic carbocycles. The zero-order valence-electron chi connectivity index (χ0n) is 11.7. The second-order valence-electron chi connectivity index (χ2n) is 5.81. The average molecular weight is 248 g/mol. The van der Waals surface area contributed by atoms with Crippen molar-refractivity contribution < 1.29 is 0 Å². The molecule has 1 heterocycles. The van der Waals surface area contributed by atoms with Gasteiger partial charge in [-0.2, -0.15) is 0 Å². The summed E-state index contributed by atoms with van der Waals surface area (Å²) in [6.45, 7) is 5.10. The molecule has 1 aliphatic rings. The molecular weight excluding hydrogens is 224 g/mol. The third kappa shape index (κ3) is 3.42. The minimum Gasteiger partial charge on any atom is -0.352 e. The first-order chi connectivity index (χ1) is 8.61. The van der Waals surface area contributed by atoms with Crippen molar-refractivity contribution in [3.05, 3.63) is 18.0 Å². The van der Waals surface area contributed by atoms with E-state index in [1.165, 1.54) is 31.2 Å². The maximum atomic E-state index is 4.41. The lowest BCUT2D eigenvalue weighted by Gasteiger charge is -2.24. The molecule has 0 spiro atoms. The molecule has 1 fully saturated rings. The molecule has 1 aromatic heterocycles. The highest BCUT2D eigenvalue weighted by atomic mass is 15.1. The van der Waals surface area contributed by atoms with E-state index in [0.29, 0.717) is 5.92 Å². The van der Waals surface area contributed by atoms with Crippen molar-refractivity contribution in [1.29, 1.82) is 0 Å². The summed E-state index contributed by atoms with van der Waals surface area (Å²) in [6, 6.07) is 0. The van der Waals surface area contributed by atoms with Crippen molar-refractivity contribution in [3.8, 4) is 0 Å². The van der Waals surface area contributed by atoms with Gasteiger partial charge >= 0.3 is 0 Å². The number of rotatable bonds is 5. The standard InChI is InChI=1S/C14H24N4/c1-14(2,15-3)10-18-13-16-8-12(9-17-13)11-6-4-5-7-11/h8-9,11,15H,4-7,10H2,1-3H3,(H,16,17,18). The van der Waals surface area contributed by atoms with Crippen LogP contribution in [-0.4, -0.2) is 29.1 Å². The molecule has 18 heavy (non-hydrogen) atoms. The first kappa shape index (κ1) is 13.3. The van der Waals surface area contributed by atoms with Crippen molar-refractivity contribution in [2.24, 2.45) is 0 Å². The predicted molar refractivity (Wildman–Crippen MR) is 74.9 cm³/mol. The van der Waals surface area contributed by atoms with Crippen LogP contribution in [0.5, 0.6) is 0 Å². The van der Waals surface area contributed by atoms with Gasteiger partial charge in [0.05, 0.1) is 0 Å². The molecule has 0 aliphatic heterocycles. The topological polar surface area (TPSA) is 49.8 Å². The molecule has 1 saturated carbocycles. The van der Waals surface area contributed by atoms with Crippen molar-refractivity contribution in [1.82, 2.24) is 15.3 Å². The number of aromatic nitrogens is 2. The van der Waals surface area contributed by atoms with Crippen molar-refractivity contribution in [2.45, 2.75) is 51.0 Å². The average Bonchev–Trinajstić information content (AvgIpc) is 2.91. The number of nitrogens with zero attached hydrogens (tertiary/aromatic N) is 2. The number of nitrogens with one attached hydrogen (secondary N) is 2. The van der Waals surface area contributed by atoms with Crippen LogP contribution in [0.3, 0.4) is 0 Å². The number of hydrogen-bond donors (Lipinski definition) is 2. The van der Waals surface area contributed by atoms with Gasteiger partial charge in [0.2, 0.25) is 5.95 Å². The van der Waals surface area contributed by atoms with Crippen molar-refractivity contribution in [3.63, 3.8) is 0 Å². The molecule has 0 radical (unpaired) electrons. The minimum absolute atomic E-state index is 0.0491. The molecule has 0 unspecified atom stereocenters. The molecule has 1 aromatic rings. The normalized spacial score (nSPS) is 17.1. The van der Waals surface area contributed by atoms with E-state index < -0.39 is 0 Å². The van der Waals surface area contributed by atoms with Gasteiger partial charge in [0.15, 0.2) is 0 Å². The van der Waals surface area contributed by atoms with E-state index in [4.69, 9.17) is 0 Å². The lowest BCUT2D eigenvalue weighted by molar-refractivity contribution is 0.447. The van der Waals surface area contributed by atoms with Crippen LogP contribution in [-0.2, 0) is 0 Å². The predicted octanol–water partition coefficient (Wildman–Crippen LogP) is 2.54. The van der Waals surface area contributed by atoms with Gasteiger partial charge in [0.25, 0.3) is 0 Å². The molecule has 0 bridgehead atoms. The fourth-order valence-electron chi connectivity index (χ4n) is 2.29. The second-order valence-corrected chi connectivity index (χ2v) is 5.81. The van der Waals surface area contributed by atoms with Crippen LogP contribution in [0.2, 0.25) is 0 Å². The van der Waals surface area contributed by atoms with E-state index in [9.17, 15) is 0 Å². The molecule has 4 heteroatoms. The number of likely N-dealkylation sites (N-methyl/N-ethyl adjacent to an activating group) is 1. The molecule has 4 nitrogen and oxygen atoms in total. The SMILES string of the molecule is CNC(C)(C)CNc1ncc(C2CCCC2)cn1. The van der Waals surface area contributed by atoms with Gasteiger partial charge in [-0.15, -0.1) is 0 Å². The highest BCUT2D eigenvalue weighted by Gasteiger charge is 2.18. The van der Waals surface area contributed by atoms with E-state index in [0.717, 1.165) is 12.5 Å². The maximum Gasteiger partial charge on any atom is 0.222 e. The van der Waals surface area contributed by atoms with Crippen LogP contribution < -0.4 is 10.6 Å². The van der Waals surface area contributed by atoms with Crippen LogP contribution >= 0.6 is 0 Å². The van der Waals surface area contributed by atoms with E-state index in [1.807, 2.05) is 19.4 Å². The molecule has 0 aromatic carbocycles. The third-order valence-corrected chi connectivity index (χ3v) is 3.86. The Morgan fingerprint density at radius 1 is 1.22 bits per heavy atom. The molecule has 0 atom stereocenters. The summed E-state index contributed by atoms with van der Waals surface area (Å²) in [7, 11) is 1.96. The summed E-state index contributed by atoms with van der Waals surface area (Å²) in [5, 5.41) is 6.52. The van der Waals surface area contributed by atoms with Crippen LogP contribution in [0.25, 0.3) is 0 Å². The minimum atomic E-state index is 0.0491. The zero-order chi connectivity index (χ0) is 13.0. The van der Waals surface area contributed by atoms with E-state index in [1.54, 1.807) is 0 Å². The van der Waals surface area contributed by atoms with Crippen LogP contribution in [0.4, 0.5) is 5.95 Å². The summed E-state index contributed by atoms with van der Waals surface area (Å²) in [6.07, 6.45) is 9.25. The summed E-state index contributed by atoms with van der Waals surface area (Å²) in [5.74, 6) is 1.41. The largest absolute Gasteiger partial charge is 0.352 e. The highest BCUT2D eigenvalue weighted by Crippen LogP contribution is 2.33. The van der Waals surface area contributed by atoms with Crippen molar-refractivity contribution >= 4 is 5.95 Å². The molecule has 0 amide bonds. The number of anilines is 1. The molecule has 0 saturated heterocycles. The van der Waals surface area contributed by atoms with E-state index in [2.05, 4.69) is 34.4 Å². The van der Waals surface area contributed by atoms with Gasteiger partial charge in [-0.1, -0.05) is 12.8 Å². The van der Waals surface area contributed by atoms with Gasteiger partial charge in [0, 0.05) is 24.5 Å². The monoisotopic (exact) mass is 248 g/mol. The van der Waals surface area contributed by atoms with Gasteiger partial charge in [0.1, 0.15) is 0 Å². The Bertz CT molecular complexity index is 366. The summed E-state index contributed by atoms with van der Waals surface area (Å²) in [4.78, 5) is 8.82. The van der Waals surface area contributed by atoms with Gasteiger partial charge < -0.3 is 10.6 Å². The second kappa shape index (κ2) is 5.65. The molecular formula is C14H24N4. The Morgan fingerprint density at radius 3 is 2.39 bits per heavy atom. The Labute approximate surface area is 110 Å². The first-order valence-corrected chi connectivity index (χ1v) is 6.85. The fourth-order valence-corrected chi connectivity index (χ4v) is 2.29. The van der Waals surface area contributed by atoms with Gasteiger partial charge in [-0.3, -0.25) is 0 Å². The smallest absolute Gasteiger partial charge is 0.222 e. The Kier molecular flexibility index (Phi) is 4.17. The van der Waals surface area contributed by atoms with E-state index in [-0.39, 0.29) is 5.54 Å². The number of hydrogen-bond acceptors (Lipinski definition) is 4. The summed E-state index contributed by atoms with van der Waals surface area (Å²) < 4.78 is 0. The van der Waals surface area contributed by atoms with Crippen LogP contribution in [0.1, 0.15) is 51.0 Å². The molecule has 100 valence electrons. The maximum absolute atomic E-state index is 4.41. The summed E-state index contributed by atoms with van der Waals surface area (Å²) in [5.41, 5.74) is 1.35. The lowest BCUT2D eigenvalue weighted by atomic mass is 10.0. The fraction of sp³-hybridized carbons (Fsp3) is 0.714. The van der Waals surface area contributed by atoms with Gasteiger partial charge in [-0.25, -0.2) is 9.97 Å². The Morgan fingerprint density at radius 2 is 1.83 bits per heavy atom.